The number of amides is 2. The number of carbonyl (C=O) groups excluding carboxylic acids is 3. The monoisotopic (exact) mass is 425 g/mol. The lowest BCUT2D eigenvalue weighted by molar-refractivity contribution is -0.126. The van der Waals surface area contributed by atoms with E-state index in [1.54, 1.807) is 18.7 Å². The van der Waals surface area contributed by atoms with Crippen LogP contribution in [0.3, 0.4) is 0 Å². The molecule has 1 aromatic heterocycles. The Balaban J connectivity index is 1.63. The quantitative estimate of drug-likeness (QED) is 0.696. The van der Waals surface area contributed by atoms with E-state index in [1.807, 2.05) is 12.1 Å². The minimum atomic E-state index is -0.465. The molecule has 0 radical (unpaired) electrons. The van der Waals surface area contributed by atoms with Crippen LogP contribution in [0, 0.1) is 19.8 Å². The Kier molecular flexibility index (Phi) is 7.15. The smallest absolute Gasteiger partial charge is 0.339 e. The first-order valence-electron chi connectivity index (χ1n) is 10.8. The largest absolute Gasteiger partial charge is 0.465 e. The number of carbonyl (C=O) groups is 3. The molecule has 7 heteroatoms. The highest BCUT2D eigenvalue weighted by Crippen LogP contribution is 2.23. The van der Waals surface area contributed by atoms with E-state index in [0.29, 0.717) is 42.1 Å². The minimum absolute atomic E-state index is 0.0355. The summed E-state index contributed by atoms with van der Waals surface area (Å²) >= 11 is 0. The number of aryl methyl sites for hydroxylation is 2. The summed E-state index contributed by atoms with van der Waals surface area (Å²) in [6.07, 6.45) is 2.50. The van der Waals surface area contributed by atoms with Crippen molar-refractivity contribution >= 4 is 17.8 Å². The van der Waals surface area contributed by atoms with Crippen molar-refractivity contribution < 1.29 is 19.1 Å². The van der Waals surface area contributed by atoms with Gasteiger partial charge in [-0.2, -0.15) is 0 Å². The summed E-state index contributed by atoms with van der Waals surface area (Å²) in [7, 11) is 1.32. The van der Waals surface area contributed by atoms with Gasteiger partial charge in [0.25, 0.3) is 5.91 Å². The van der Waals surface area contributed by atoms with Gasteiger partial charge in [0.1, 0.15) is 5.69 Å². The number of rotatable bonds is 6. The highest BCUT2D eigenvalue weighted by Gasteiger charge is 2.31. The molecule has 0 spiro atoms. The lowest BCUT2D eigenvalue weighted by atomic mass is 9.96. The molecule has 1 unspecified atom stereocenters. The Morgan fingerprint density at radius 2 is 1.84 bits per heavy atom. The van der Waals surface area contributed by atoms with Gasteiger partial charge in [-0.1, -0.05) is 31.2 Å². The third-order valence-electron chi connectivity index (χ3n) is 6.02. The summed E-state index contributed by atoms with van der Waals surface area (Å²) in [4.78, 5) is 42.6. The number of likely N-dealkylation sites (tertiary alicyclic amines) is 1. The summed E-state index contributed by atoms with van der Waals surface area (Å²) in [6, 6.07) is 8.22. The first-order chi connectivity index (χ1) is 14.8. The average molecular weight is 426 g/mol. The van der Waals surface area contributed by atoms with Gasteiger partial charge in [0.15, 0.2) is 0 Å². The third-order valence-corrected chi connectivity index (χ3v) is 6.02. The molecule has 3 rings (SSSR count). The van der Waals surface area contributed by atoms with Crippen LogP contribution in [0.25, 0.3) is 0 Å². The second-order valence-corrected chi connectivity index (χ2v) is 8.09. The van der Waals surface area contributed by atoms with Crippen molar-refractivity contribution in [3.05, 3.63) is 57.9 Å². The first-order valence-corrected chi connectivity index (χ1v) is 10.8. The van der Waals surface area contributed by atoms with Crippen molar-refractivity contribution in [1.29, 1.82) is 0 Å². The van der Waals surface area contributed by atoms with Crippen LogP contribution in [0.15, 0.2) is 24.3 Å². The fourth-order valence-electron chi connectivity index (χ4n) is 4.13. The molecule has 1 aliphatic rings. The number of methoxy groups -OCH3 is 1. The lowest BCUT2D eigenvalue weighted by Crippen LogP contribution is -2.45. The van der Waals surface area contributed by atoms with Crippen LogP contribution in [-0.2, 0) is 22.5 Å². The number of esters is 1. The van der Waals surface area contributed by atoms with Crippen LogP contribution in [0.1, 0.15) is 63.0 Å². The van der Waals surface area contributed by atoms with Crippen LogP contribution in [0.4, 0.5) is 0 Å². The van der Waals surface area contributed by atoms with Crippen LogP contribution >= 0.6 is 0 Å². The Hall–Kier alpha value is -3.09. The van der Waals surface area contributed by atoms with Crippen LogP contribution in [-0.4, -0.2) is 47.9 Å². The van der Waals surface area contributed by atoms with E-state index in [-0.39, 0.29) is 17.7 Å². The molecule has 2 N–H and O–H groups in total. The van der Waals surface area contributed by atoms with Gasteiger partial charge in [-0.3, -0.25) is 9.59 Å². The molecule has 2 aromatic rings. The fourth-order valence-corrected chi connectivity index (χ4v) is 4.13. The average Bonchev–Trinajstić information content (AvgIpc) is 3.10. The molecule has 0 aliphatic carbocycles. The molecule has 31 heavy (non-hydrogen) atoms. The highest BCUT2D eigenvalue weighted by atomic mass is 16.5. The van der Waals surface area contributed by atoms with Crippen molar-refractivity contribution in [2.24, 2.45) is 5.92 Å². The van der Waals surface area contributed by atoms with Crippen LogP contribution in [0.2, 0.25) is 0 Å². The highest BCUT2D eigenvalue weighted by molar-refractivity contribution is 6.00. The maximum atomic E-state index is 13.1. The zero-order valence-electron chi connectivity index (χ0n) is 18.7. The molecule has 1 fully saturated rings. The predicted molar refractivity (Wildman–Crippen MR) is 118 cm³/mol. The summed E-state index contributed by atoms with van der Waals surface area (Å²) in [6.45, 7) is 7.02. The van der Waals surface area contributed by atoms with Crippen LogP contribution in [0.5, 0.6) is 0 Å². The van der Waals surface area contributed by atoms with Gasteiger partial charge in [-0.05, 0) is 49.8 Å². The Bertz CT molecular complexity index is 962. The van der Waals surface area contributed by atoms with Gasteiger partial charge in [0.2, 0.25) is 5.91 Å². The van der Waals surface area contributed by atoms with Crippen LogP contribution < -0.4 is 5.32 Å². The number of piperidine rings is 1. The fraction of sp³-hybridized carbons (Fsp3) is 0.458. The van der Waals surface area contributed by atoms with Gasteiger partial charge in [-0.15, -0.1) is 0 Å². The number of benzene rings is 1. The number of nitrogens with one attached hydrogen (secondary N) is 2. The van der Waals surface area contributed by atoms with Crippen molar-refractivity contribution in [2.75, 3.05) is 20.2 Å². The molecule has 0 saturated carbocycles. The summed E-state index contributed by atoms with van der Waals surface area (Å²) in [5.41, 5.74) is 4.29. The van der Waals surface area contributed by atoms with Gasteiger partial charge in [0, 0.05) is 25.3 Å². The Morgan fingerprint density at radius 1 is 1.16 bits per heavy atom. The number of aromatic amines is 1. The molecular formula is C24H31N3O4. The second kappa shape index (κ2) is 9.81. The number of nitrogens with zero attached hydrogens (tertiary/aromatic N) is 1. The van der Waals surface area contributed by atoms with Crippen molar-refractivity contribution in [3.8, 4) is 0 Å². The molecule has 0 bridgehead atoms. The standard InChI is InChI=1S/C24H31N3O4/c1-5-17-8-10-18(11-9-17)13-25-22(28)19-7-6-12-27(14-19)23(29)21-15(2)20(16(3)26-21)24(30)31-4/h8-11,19,26H,5-7,12-14H2,1-4H3,(H,25,28). The van der Waals surface area contributed by atoms with E-state index in [1.165, 1.54) is 12.7 Å². The number of H-pyrrole nitrogens is 1. The molecule has 1 saturated heterocycles. The molecule has 1 aliphatic heterocycles. The topological polar surface area (TPSA) is 91.5 Å². The molecule has 1 aromatic carbocycles. The number of hydrogen-bond acceptors (Lipinski definition) is 4. The SMILES string of the molecule is CCc1ccc(CNC(=O)C2CCCN(C(=O)c3[nH]c(C)c(C(=O)OC)c3C)C2)cc1. The number of hydrogen-bond donors (Lipinski definition) is 2. The normalized spacial score (nSPS) is 16.1. The minimum Gasteiger partial charge on any atom is -0.465 e. The Morgan fingerprint density at radius 3 is 2.48 bits per heavy atom. The van der Waals surface area contributed by atoms with E-state index < -0.39 is 5.97 Å². The summed E-state index contributed by atoms with van der Waals surface area (Å²) < 4.78 is 4.82. The second-order valence-electron chi connectivity index (χ2n) is 8.09. The molecule has 2 amide bonds. The zero-order valence-corrected chi connectivity index (χ0v) is 18.7. The Labute approximate surface area is 183 Å². The maximum Gasteiger partial charge on any atom is 0.339 e. The van der Waals surface area contributed by atoms with Crippen molar-refractivity contribution in [2.45, 2.75) is 46.6 Å². The zero-order chi connectivity index (χ0) is 22.5. The first kappa shape index (κ1) is 22.6. The molecule has 1 atom stereocenters. The molecule has 2 heterocycles. The summed E-state index contributed by atoms with van der Waals surface area (Å²) in [5.74, 6) is -0.938. The molecular weight excluding hydrogens is 394 g/mol. The molecule has 166 valence electrons. The lowest BCUT2D eigenvalue weighted by Gasteiger charge is -2.32. The predicted octanol–water partition coefficient (Wildman–Crippen LogP) is 3.15. The summed E-state index contributed by atoms with van der Waals surface area (Å²) in [5, 5.41) is 3.01. The van der Waals surface area contributed by atoms with E-state index in [0.717, 1.165) is 24.8 Å². The van der Waals surface area contributed by atoms with E-state index >= 15 is 0 Å². The van der Waals surface area contributed by atoms with Gasteiger partial charge in [-0.25, -0.2) is 4.79 Å². The molecule has 7 nitrogen and oxygen atoms in total. The van der Waals surface area contributed by atoms with E-state index in [2.05, 4.69) is 29.4 Å². The van der Waals surface area contributed by atoms with Crippen molar-refractivity contribution in [1.82, 2.24) is 15.2 Å². The van der Waals surface area contributed by atoms with E-state index in [9.17, 15) is 14.4 Å². The number of ether oxygens (including phenoxy) is 1. The van der Waals surface area contributed by atoms with E-state index in [4.69, 9.17) is 4.74 Å². The third kappa shape index (κ3) is 4.98. The van der Waals surface area contributed by atoms with Crippen molar-refractivity contribution in [3.63, 3.8) is 0 Å². The van der Waals surface area contributed by atoms with Gasteiger partial charge in [0.05, 0.1) is 18.6 Å². The maximum absolute atomic E-state index is 13.1. The van der Waals surface area contributed by atoms with Gasteiger partial charge >= 0.3 is 5.97 Å². The number of aromatic nitrogens is 1. The van der Waals surface area contributed by atoms with Gasteiger partial charge < -0.3 is 19.9 Å².